The zero-order valence-corrected chi connectivity index (χ0v) is 15.9. The molecule has 1 unspecified atom stereocenters. The summed E-state index contributed by atoms with van der Waals surface area (Å²) < 4.78 is 5.19. The van der Waals surface area contributed by atoms with E-state index >= 15 is 0 Å². The van der Waals surface area contributed by atoms with E-state index in [4.69, 9.17) is 4.74 Å². The lowest BCUT2D eigenvalue weighted by molar-refractivity contribution is -0.140. The standard InChI is InChI=1S/C18H31NO4S/c1-3-5-7-8-9-10-12-23-17(21)14-24-15-13-16(20)19(18(15)22)11-6-4-2/h15H,3-14H2,1-2H3. The monoisotopic (exact) mass is 357 g/mol. The van der Waals surface area contributed by atoms with Crippen molar-refractivity contribution in [2.75, 3.05) is 18.9 Å². The van der Waals surface area contributed by atoms with Crippen molar-refractivity contribution >= 4 is 29.5 Å². The molecule has 1 aliphatic heterocycles. The second kappa shape index (κ2) is 12.3. The van der Waals surface area contributed by atoms with E-state index < -0.39 is 5.25 Å². The van der Waals surface area contributed by atoms with E-state index in [0.29, 0.717) is 13.2 Å². The summed E-state index contributed by atoms with van der Waals surface area (Å²) in [5.74, 6) is -0.421. The van der Waals surface area contributed by atoms with E-state index in [9.17, 15) is 14.4 Å². The lowest BCUT2D eigenvalue weighted by Crippen LogP contribution is -2.32. The van der Waals surface area contributed by atoms with Crippen LogP contribution in [0.2, 0.25) is 0 Å². The molecule has 24 heavy (non-hydrogen) atoms. The topological polar surface area (TPSA) is 63.7 Å². The molecule has 0 radical (unpaired) electrons. The van der Waals surface area contributed by atoms with Gasteiger partial charge in [-0.25, -0.2) is 0 Å². The minimum atomic E-state index is -0.420. The number of rotatable bonds is 13. The summed E-state index contributed by atoms with van der Waals surface area (Å²) in [7, 11) is 0. The van der Waals surface area contributed by atoms with E-state index in [1.54, 1.807) is 0 Å². The minimum Gasteiger partial charge on any atom is -0.465 e. The van der Waals surface area contributed by atoms with Crippen LogP contribution in [0.25, 0.3) is 0 Å². The number of carbonyl (C=O) groups excluding carboxylic acids is 3. The van der Waals surface area contributed by atoms with Gasteiger partial charge in [-0.05, 0) is 12.8 Å². The van der Waals surface area contributed by atoms with Gasteiger partial charge in [-0.3, -0.25) is 19.3 Å². The number of imide groups is 1. The lowest BCUT2D eigenvalue weighted by atomic mass is 10.1. The molecule has 0 saturated carbocycles. The molecule has 5 nitrogen and oxygen atoms in total. The Labute approximate surface area is 149 Å². The number of carbonyl (C=O) groups is 3. The molecule has 0 aromatic carbocycles. The van der Waals surface area contributed by atoms with Crippen LogP contribution in [-0.4, -0.2) is 46.8 Å². The first-order valence-corrected chi connectivity index (χ1v) is 10.3. The summed E-state index contributed by atoms with van der Waals surface area (Å²) in [4.78, 5) is 37.1. The van der Waals surface area contributed by atoms with Crippen molar-refractivity contribution < 1.29 is 19.1 Å². The summed E-state index contributed by atoms with van der Waals surface area (Å²) in [5.41, 5.74) is 0. The first kappa shape index (κ1) is 21.0. The van der Waals surface area contributed by atoms with E-state index in [1.165, 1.54) is 42.3 Å². The van der Waals surface area contributed by atoms with Crippen LogP contribution >= 0.6 is 11.8 Å². The second-order valence-corrected chi connectivity index (χ2v) is 7.42. The molecule has 0 bridgehead atoms. The molecule has 1 aliphatic rings. The number of amides is 2. The van der Waals surface area contributed by atoms with Crippen molar-refractivity contribution in [2.45, 2.75) is 76.9 Å². The van der Waals surface area contributed by atoms with Crippen LogP contribution in [-0.2, 0) is 19.1 Å². The summed E-state index contributed by atoms with van der Waals surface area (Å²) in [5, 5.41) is -0.420. The molecule has 0 aromatic heterocycles. The first-order valence-electron chi connectivity index (χ1n) is 9.21. The van der Waals surface area contributed by atoms with Gasteiger partial charge >= 0.3 is 5.97 Å². The fourth-order valence-electron chi connectivity index (χ4n) is 2.61. The van der Waals surface area contributed by atoms with Gasteiger partial charge in [0.1, 0.15) is 0 Å². The first-order chi connectivity index (χ1) is 11.6. The molecule has 6 heteroatoms. The van der Waals surface area contributed by atoms with Gasteiger partial charge in [0.2, 0.25) is 11.8 Å². The number of nitrogens with zero attached hydrogens (tertiary/aromatic N) is 1. The number of hydrogen-bond acceptors (Lipinski definition) is 5. The van der Waals surface area contributed by atoms with Crippen LogP contribution in [0.3, 0.4) is 0 Å². The molecule has 2 amide bonds. The molecular weight excluding hydrogens is 326 g/mol. The molecule has 0 aromatic rings. The molecule has 1 rings (SSSR count). The Bertz CT molecular complexity index is 414. The zero-order chi connectivity index (χ0) is 17.8. The molecule has 0 aliphatic carbocycles. The van der Waals surface area contributed by atoms with Crippen molar-refractivity contribution in [3.8, 4) is 0 Å². The Kier molecular flexibility index (Phi) is 10.8. The predicted octanol–water partition coefficient (Wildman–Crippen LogP) is 3.55. The van der Waals surface area contributed by atoms with Gasteiger partial charge in [-0.1, -0.05) is 52.4 Å². The van der Waals surface area contributed by atoms with Crippen LogP contribution < -0.4 is 0 Å². The molecule has 1 saturated heterocycles. The molecule has 1 atom stereocenters. The number of likely N-dealkylation sites (tertiary alicyclic amines) is 1. The quantitative estimate of drug-likeness (QED) is 0.286. The van der Waals surface area contributed by atoms with Gasteiger partial charge in [0.15, 0.2) is 0 Å². The fraction of sp³-hybridized carbons (Fsp3) is 0.833. The number of thioether (sulfide) groups is 1. The van der Waals surface area contributed by atoms with Crippen molar-refractivity contribution in [3.05, 3.63) is 0 Å². The molecule has 138 valence electrons. The maximum atomic E-state index is 12.2. The summed E-state index contributed by atoms with van der Waals surface area (Å²) in [6.07, 6.45) is 8.88. The van der Waals surface area contributed by atoms with E-state index in [2.05, 4.69) is 6.92 Å². The zero-order valence-electron chi connectivity index (χ0n) is 15.1. The lowest BCUT2D eigenvalue weighted by Gasteiger charge is -2.13. The predicted molar refractivity (Wildman–Crippen MR) is 96.8 cm³/mol. The van der Waals surface area contributed by atoms with Crippen molar-refractivity contribution in [2.24, 2.45) is 0 Å². The Morgan fingerprint density at radius 1 is 1.08 bits per heavy atom. The Morgan fingerprint density at radius 2 is 1.75 bits per heavy atom. The van der Waals surface area contributed by atoms with Gasteiger partial charge < -0.3 is 4.74 Å². The maximum absolute atomic E-state index is 12.2. The van der Waals surface area contributed by atoms with E-state index in [0.717, 1.165) is 25.7 Å². The van der Waals surface area contributed by atoms with Crippen LogP contribution in [0, 0.1) is 0 Å². The third kappa shape index (κ3) is 7.69. The molecular formula is C18H31NO4S. The van der Waals surface area contributed by atoms with Gasteiger partial charge in [-0.15, -0.1) is 11.8 Å². The smallest absolute Gasteiger partial charge is 0.315 e. The normalized spacial score (nSPS) is 17.6. The fourth-order valence-corrected chi connectivity index (χ4v) is 3.56. The molecule has 1 fully saturated rings. The number of unbranched alkanes of at least 4 members (excludes halogenated alkanes) is 6. The average Bonchev–Trinajstić information content (AvgIpc) is 2.84. The Hall–Kier alpha value is -1.04. The third-order valence-corrected chi connectivity index (χ3v) is 5.27. The highest BCUT2D eigenvalue weighted by molar-refractivity contribution is 8.01. The van der Waals surface area contributed by atoms with Gasteiger partial charge in [0.05, 0.1) is 17.6 Å². The second-order valence-electron chi connectivity index (χ2n) is 6.23. The highest BCUT2D eigenvalue weighted by Gasteiger charge is 2.38. The Morgan fingerprint density at radius 3 is 2.46 bits per heavy atom. The third-order valence-electron chi connectivity index (χ3n) is 4.10. The van der Waals surface area contributed by atoms with Gasteiger partial charge in [-0.2, -0.15) is 0 Å². The summed E-state index contributed by atoms with van der Waals surface area (Å²) >= 11 is 1.23. The van der Waals surface area contributed by atoms with Crippen molar-refractivity contribution in [3.63, 3.8) is 0 Å². The van der Waals surface area contributed by atoms with Crippen LogP contribution in [0.4, 0.5) is 0 Å². The van der Waals surface area contributed by atoms with Crippen LogP contribution in [0.1, 0.15) is 71.6 Å². The average molecular weight is 358 g/mol. The summed E-state index contributed by atoms with van der Waals surface area (Å²) in [6, 6.07) is 0. The van der Waals surface area contributed by atoms with Crippen molar-refractivity contribution in [1.29, 1.82) is 0 Å². The number of hydrogen-bond donors (Lipinski definition) is 0. The van der Waals surface area contributed by atoms with E-state index in [1.807, 2.05) is 6.92 Å². The van der Waals surface area contributed by atoms with Crippen molar-refractivity contribution in [1.82, 2.24) is 4.90 Å². The van der Waals surface area contributed by atoms with E-state index in [-0.39, 0.29) is 30.0 Å². The largest absolute Gasteiger partial charge is 0.465 e. The van der Waals surface area contributed by atoms with Gasteiger partial charge in [0, 0.05) is 13.0 Å². The van der Waals surface area contributed by atoms with Crippen LogP contribution in [0.5, 0.6) is 0 Å². The SMILES string of the molecule is CCCCCCCCOC(=O)CSC1CC(=O)N(CCCC)C1=O. The Balaban J connectivity index is 2.14. The molecule has 0 N–H and O–H groups in total. The highest BCUT2D eigenvalue weighted by Crippen LogP contribution is 2.25. The molecule has 1 heterocycles. The van der Waals surface area contributed by atoms with Gasteiger partial charge in [0.25, 0.3) is 0 Å². The highest BCUT2D eigenvalue weighted by atomic mass is 32.2. The van der Waals surface area contributed by atoms with Crippen LogP contribution in [0.15, 0.2) is 0 Å². The minimum absolute atomic E-state index is 0.119. The number of ether oxygens (including phenoxy) is 1. The molecule has 0 spiro atoms. The summed E-state index contributed by atoms with van der Waals surface area (Å²) in [6.45, 7) is 5.15. The maximum Gasteiger partial charge on any atom is 0.315 e. The number of esters is 1.